The number of rotatable bonds is 8. The molecule has 0 amide bonds. The summed E-state index contributed by atoms with van der Waals surface area (Å²) in [5.41, 5.74) is 1.36. The van der Waals surface area contributed by atoms with Crippen molar-refractivity contribution < 1.29 is 17.4 Å². The molecule has 2 atom stereocenters. The molecular weight excluding hydrogens is 460 g/mol. The summed E-state index contributed by atoms with van der Waals surface area (Å²) in [4.78, 5) is 21.3. The summed E-state index contributed by atoms with van der Waals surface area (Å²) in [5, 5.41) is 16.6. The predicted octanol–water partition coefficient (Wildman–Crippen LogP) is 0.490. The normalized spacial score (nSPS) is 17.8. The second kappa shape index (κ2) is 10.1. The Morgan fingerprint density at radius 2 is 2.21 bits per heavy atom. The number of ketones is 1. The maximum absolute atomic E-state index is 13.1. The van der Waals surface area contributed by atoms with E-state index in [9.17, 15) is 13.2 Å². The van der Waals surface area contributed by atoms with Crippen LogP contribution in [-0.4, -0.2) is 56.4 Å². The van der Waals surface area contributed by atoms with Crippen molar-refractivity contribution in [3.05, 3.63) is 54.0 Å². The molecule has 0 unspecified atom stereocenters. The van der Waals surface area contributed by atoms with Crippen LogP contribution in [0.3, 0.4) is 0 Å². The molecule has 0 saturated heterocycles. The summed E-state index contributed by atoms with van der Waals surface area (Å²) in [6.07, 6.45) is 10.2. The lowest BCUT2D eigenvalue weighted by Crippen LogP contribution is -2.22. The summed E-state index contributed by atoms with van der Waals surface area (Å²) >= 11 is 0. The Morgan fingerprint density at radius 3 is 2.97 bits per heavy atom. The van der Waals surface area contributed by atoms with Crippen LogP contribution in [0.5, 0.6) is 0 Å². The molecule has 3 aromatic rings. The molecule has 178 valence electrons. The molecule has 0 bridgehead atoms. The minimum Gasteiger partial charge on any atom is -0.367 e. The van der Waals surface area contributed by atoms with Crippen molar-refractivity contribution in [2.24, 2.45) is 18.1 Å². The fourth-order valence-corrected chi connectivity index (χ4v) is 4.15. The van der Waals surface area contributed by atoms with Crippen LogP contribution in [0.15, 0.2) is 37.2 Å². The van der Waals surface area contributed by atoms with Gasteiger partial charge in [-0.3, -0.25) is 18.3 Å². The second-order valence-corrected chi connectivity index (χ2v) is 9.24. The number of hydrogen-bond donors (Lipinski definition) is 2. The van der Waals surface area contributed by atoms with E-state index in [4.69, 9.17) is 9.32 Å². The van der Waals surface area contributed by atoms with Gasteiger partial charge >= 0.3 is 10.3 Å². The van der Waals surface area contributed by atoms with Gasteiger partial charge in [-0.1, -0.05) is 11.8 Å². The molecule has 3 N–H and O–H groups in total. The van der Waals surface area contributed by atoms with Gasteiger partial charge in [0.1, 0.15) is 24.4 Å². The van der Waals surface area contributed by atoms with E-state index < -0.39 is 10.3 Å². The van der Waals surface area contributed by atoms with Gasteiger partial charge in [-0.2, -0.15) is 18.6 Å². The van der Waals surface area contributed by atoms with Gasteiger partial charge in [-0.15, -0.1) is 0 Å². The lowest BCUT2D eigenvalue weighted by atomic mass is 10.1. The van der Waals surface area contributed by atoms with Crippen molar-refractivity contribution in [1.29, 1.82) is 0 Å². The number of carbonyl (C=O) groups excluding carboxylic acids is 1. The van der Waals surface area contributed by atoms with Gasteiger partial charge in [-0.05, 0) is 31.2 Å². The highest BCUT2D eigenvalue weighted by Crippen LogP contribution is 2.29. The largest absolute Gasteiger partial charge is 0.367 e. The highest BCUT2D eigenvalue weighted by Gasteiger charge is 2.28. The molecule has 13 heteroatoms. The van der Waals surface area contributed by atoms with Crippen LogP contribution in [0, 0.1) is 17.8 Å². The van der Waals surface area contributed by atoms with Crippen LogP contribution in [-0.2, 0) is 28.1 Å². The molecule has 3 heterocycles. The molecule has 0 aliphatic heterocycles. The van der Waals surface area contributed by atoms with Gasteiger partial charge in [0.05, 0.1) is 23.9 Å². The molecular formula is C21H24N8O4S. The number of nitrogens with zero attached hydrogens (tertiary/aromatic N) is 6. The highest BCUT2D eigenvalue weighted by molar-refractivity contribution is 7.84. The van der Waals surface area contributed by atoms with E-state index in [2.05, 4.69) is 37.3 Å². The second-order valence-electron chi connectivity index (χ2n) is 8.01. The lowest BCUT2D eigenvalue weighted by Gasteiger charge is -2.15. The molecule has 1 fully saturated rings. The van der Waals surface area contributed by atoms with Gasteiger partial charge < -0.3 is 5.32 Å². The predicted molar refractivity (Wildman–Crippen MR) is 122 cm³/mol. The maximum Gasteiger partial charge on any atom is 0.333 e. The molecule has 1 aliphatic rings. The third kappa shape index (κ3) is 6.25. The van der Waals surface area contributed by atoms with Crippen LogP contribution in [0.25, 0.3) is 0 Å². The number of aryl methyl sites for hydroxylation is 1. The smallest absolute Gasteiger partial charge is 0.333 e. The number of nitrogens with two attached hydrogens (primary N) is 1. The summed E-state index contributed by atoms with van der Waals surface area (Å²) < 4.78 is 30.0. The summed E-state index contributed by atoms with van der Waals surface area (Å²) in [6.45, 7) is 0.357. The quantitative estimate of drug-likeness (QED) is 0.342. The van der Waals surface area contributed by atoms with Crippen LogP contribution < -0.4 is 10.5 Å². The molecule has 0 radical (unpaired) electrons. The molecule has 1 saturated carbocycles. The average molecular weight is 485 g/mol. The van der Waals surface area contributed by atoms with E-state index in [0.29, 0.717) is 24.3 Å². The van der Waals surface area contributed by atoms with Gasteiger partial charge in [0.25, 0.3) is 0 Å². The van der Waals surface area contributed by atoms with Crippen molar-refractivity contribution in [3.8, 4) is 11.8 Å². The zero-order chi connectivity index (χ0) is 24.1. The van der Waals surface area contributed by atoms with Crippen LogP contribution >= 0.6 is 0 Å². The Bertz CT molecular complexity index is 1340. The van der Waals surface area contributed by atoms with E-state index in [0.717, 1.165) is 18.4 Å². The summed E-state index contributed by atoms with van der Waals surface area (Å²) in [6, 6.07) is 1.64. The molecule has 4 rings (SSSR count). The van der Waals surface area contributed by atoms with Gasteiger partial charge in [-0.25, -0.2) is 15.1 Å². The number of aromatic nitrogens is 6. The molecule has 0 aromatic carbocycles. The Hall–Kier alpha value is -3.60. The topological polar surface area (TPSA) is 160 Å². The average Bonchev–Trinajstić information content (AvgIpc) is 3.54. The zero-order valence-corrected chi connectivity index (χ0v) is 19.3. The first-order chi connectivity index (χ1) is 16.3. The Balaban J connectivity index is 1.39. The van der Waals surface area contributed by atoms with E-state index in [1.54, 1.807) is 27.8 Å². The van der Waals surface area contributed by atoms with E-state index >= 15 is 0 Å². The third-order valence-corrected chi connectivity index (χ3v) is 5.82. The standard InChI is InChI=1S/C21H24N8O4S/c1-28-12-16(10-25-28)3-2-7-29-8-6-19(27-29)20(30)18-11-23-14-24-21(18)26-17-5-4-15(9-17)13-33-34(22,31)32/h6,8,10-12,14-15,17H,4-5,7,9,13H2,1H3,(H2,22,31,32)(H,23,24,26)/t15-,17+/m1/s1. The molecule has 3 aromatic heterocycles. The Kier molecular flexibility index (Phi) is 7.01. The first kappa shape index (κ1) is 23.6. The summed E-state index contributed by atoms with van der Waals surface area (Å²) in [7, 11) is -2.14. The first-order valence-corrected chi connectivity index (χ1v) is 12.0. The van der Waals surface area contributed by atoms with Crippen molar-refractivity contribution >= 4 is 21.9 Å². The summed E-state index contributed by atoms with van der Waals surface area (Å²) in [5.74, 6) is 6.13. The highest BCUT2D eigenvalue weighted by atomic mass is 32.2. The molecule has 34 heavy (non-hydrogen) atoms. The van der Waals surface area contributed by atoms with Crippen LogP contribution in [0.1, 0.15) is 40.9 Å². The monoisotopic (exact) mass is 484 g/mol. The number of nitrogens with one attached hydrogen (secondary N) is 1. The van der Waals surface area contributed by atoms with Crippen molar-refractivity contribution in [2.75, 3.05) is 11.9 Å². The van der Waals surface area contributed by atoms with E-state index in [1.165, 1.54) is 12.5 Å². The van der Waals surface area contributed by atoms with Gasteiger partial charge in [0.2, 0.25) is 5.78 Å². The van der Waals surface area contributed by atoms with Crippen molar-refractivity contribution in [3.63, 3.8) is 0 Å². The van der Waals surface area contributed by atoms with Gasteiger partial charge in [0.15, 0.2) is 0 Å². The minimum atomic E-state index is -3.96. The van der Waals surface area contributed by atoms with Gasteiger partial charge in [0, 0.05) is 31.7 Å². The Morgan fingerprint density at radius 1 is 1.35 bits per heavy atom. The minimum absolute atomic E-state index is 0.0100. The first-order valence-electron chi connectivity index (χ1n) is 10.6. The van der Waals surface area contributed by atoms with Crippen molar-refractivity contribution in [2.45, 2.75) is 31.8 Å². The number of carbonyl (C=O) groups is 1. The van der Waals surface area contributed by atoms with Crippen LogP contribution in [0.2, 0.25) is 0 Å². The van der Waals surface area contributed by atoms with Crippen LogP contribution in [0.4, 0.5) is 5.82 Å². The third-order valence-electron chi connectivity index (χ3n) is 5.36. The van der Waals surface area contributed by atoms with E-state index in [-0.39, 0.29) is 30.0 Å². The number of anilines is 1. The zero-order valence-electron chi connectivity index (χ0n) is 18.5. The fourth-order valence-electron chi connectivity index (χ4n) is 3.77. The molecule has 12 nitrogen and oxygen atoms in total. The fraction of sp³-hybridized carbons (Fsp3) is 0.381. The number of hydrogen-bond acceptors (Lipinski definition) is 9. The Labute approximate surface area is 196 Å². The maximum atomic E-state index is 13.1. The van der Waals surface area contributed by atoms with Crippen molar-refractivity contribution in [1.82, 2.24) is 29.5 Å². The lowest BCUT2D eigenvalue weighted by molar-refractivity contribution is 0.103. The SMILES string of the molecule is Cn1cc(C#CCn2ccc(C(=O)c3cncnc3N[C@H]3CC[C@@H](COS(N)(=O)=O)C3)n2)cn1. The molecule has 1 aliphatic carbocycles. The molecule has 0 spiro atoms. The van der Waals surface area contributed by atoms with E-state index in [1.807, 2.05) is 13.2 Å².